The summed E-state index contributed by atoms with van der Waals surface area (Å²) in [4.78, 5) is 28.3. The maximum atomic E-state index is 13.4. The number of carbonyl (C=O) groups excluding carboxylic acids is 2. The summed E-state index contributed by atoms with van der Waals surface area (Å²) in [6.45, 7) is 9.16. The zero-order valence-corrected chi connectivity index (χ0v) is 24.6. The number of aromatic nitrogens is 2. The van der Waals surface area contributed by atoms with Gasteiger partial charge in [-0.25, -0.2) is 4.68 Å². The lowest BCUT2D eigenvalue weighted by Gasteiger charge is -2.22. The summed E-state index contributed by atoms with van der Waals surface area (Å²) < 4.78 is 6.84. The van der Waals surface area contributed by atoms with Crippen LogP contribution in [-0.4, -0.2) is 53.3 Å². The molecule has 0 aliphatic rings. The lowest BCUT2D eigenvalue weighted by molar-refractivity contribution is -0.117. The molecule has 1 aromatic heterocycles. The van der Waals surface area contributed by atoms with Crippen LogP contribution >= 0.6 is 11.6 Å². The Morgan fingerprint density at radius 1 is 1.05 bits per heavy atom. The molecular weight excluding hydrogens is 512 g/mol. The van der Waals surface area contributed by atoms with E-state index in [1.807, 2.05) is 48.5 Å². The van der Waals surface area contributed by atoms with E-state index in [9.17, 15) is 9.59 Å². The highest BCUT2D eigenvalue weighted by Crippen LogP contribution is 2.29. The molecule has 0 bridgehead atoms. The maximum absolute atomic E-state index is 13.4. The van der Waals surface area contributed by atoms with Gasteiger partial charge in [-0.3, -0.25) is 9.59 Å². The molecule has 0 aliphatic carbocycles. The highest BCUT2D eigenvalue weighted by Gasteiger charge is 2.24. The van der Waals surface area contributed by atoms with Crippen molar-refractivity contribution in [1.82, 2.24) is 14.7 Å². The highest BCUT2D eigenvalue weighted by atomic mass is 35.5. The molecule has 1 heterocycles. The second-order valence-corrected chi connectivity index (χ2v) is 11.2. The van der Waals surface area contributed by atoms with Gasteiger partial charge in [0.1, 0.15) is 12.4 Å². The minimum atomic E-state index is -0.314. The molecule has 8 heteroatoms. The van der Waals surface area contributed by atoms with Crippen LogP contribution < -0.4 is 5.32 Å². The minimum absolute atomic E-state index is 0.0979. The molecule has 3 aromatic rings. The predicted octanol–water partition coefficient (Wildman–Crippen LogP) is 6.67. The molecular formula is C31H41ClN4O3. The molecule has 0 unspecified atom stereocenters. The van der Waals surface area contributed by atoms with Gasteiger partial charge in [-0.15, -0.1) is 0 Å². The van der Waals surface area contributed by atoms with E-state index in [-0.39, 0.29) is 23.8 Å². The predicted molar refractivity (Wildman–Crippen MR) is 158 cm³/mol. The number of ether oxygens (including phenoxy) is 1. The van der Waals surface area contributed by atoms with Gasteiger partial charge in [0.2, 0.25) is 5.91 Å². The molecule has 0 saturated heterocycles. The molecule has 2 amide bonds. The van der Waals surface area contributed by atoms with Crippen LogP contribution in [0.3, 0.4) is 0 Å². The van der Waals surface area contributed by atoms with E-state index >= 15 is 0 Å². The van der Waals surface area contributed by atoms with Crippen molar-refractivity contribution >= 4 is 29.2 Å². The highest BCUT2D eigenvalue weighted by molar-refractivity contribution is 6.32. The summed E-state index contributed by atoms with van der Waals surface area (Å²) in [5.74, 6) is 0.000663. The first-order valence-electron chi connectivity index (χ1n) is 13.7. The molecule has 0 saturated carbocycles. The quantitative estimate of drug-likeness (QED) is 0.240. The normalized spacial score (nSPS) is 11.4. The average Bonchev–Trinajstić information content (AvgIpc) is 3.32. The largest absolute Gasteiger partial charge is 0.385 e. The van der Waals surface area contributed by atoms with Gasteiger partial charge in [-0.05, 0) is 49.1 Å². The lowest BCUT2D eigenvalue weighted by Crippen LogP contribution is -2.39. The number of hydrogen-bond acceptors (Lipinski definition) is 4. The van der Waals surface area contributed by atoms with Crippen LogP contribution in [0.1, 0.15) is 75.0 Å². The SMILES string of the molecule is CCCCCc1ccc(C(=O)N(CCCOC)CC(=O)Nc2cc(C(C)(C)C)nn2-c2ccccc2Cl)cc1. The van der Waals surface area contributed by atoms with E-state index in [0.717, 1.165) is 18.5 Å². The number of nitrogens with zero attached hydrogens (tertiary/aromatic N) is 3. The van der Waals surface area contributed by atoms with Crippen LogP contribution in [-0.2, 0) is 21.4 Å². The molecule has 0 fully saturated rings. The van der Waals surface area contributed by atoms with Crippen molar-refractivity contribution in [2.75, 3.05) is 32.1 Å². The first kappa shape index (κ1) is 30.4. The number of halogens is 1. The molecule has 39 heavy (non-hydrogen) atoms. The van der Waals surface area contributed by atoms with Crippen molar-refractivity contribution < 1.29 is 14.3 Å². The Morgan fingerprint density at radius 3 is 2.41 bits per heavy atom. The van der Waals surface area contributed by atoms with Crippen molar-refractivity contribution in [3.05, 3.63) is 76.4 Å². The van der Waals surface area contributed by atoms with Crippen LogP contribution in [0.2, 0.25) is 5.02 Å². The lowest BCUT2D eigenvalue weighted by atomic mass is 9.92. The van der Waals surface area contributed by atoms with Gasteiger partial charge in [-0.1, -0.05) is 76.4 Å². The second-order valence-electron chi connectivity index (χ2n) is 10.8. The third kappa shape index (κ3) is 8.67. The fraction of sp³-hybridized carbons (Fsp3) is 0.452. The molecule has 0 radical (unpaired) electrons. The number of unbranched alkanes of at least 4 members (excludes halogenated alkanes) is 2. The van der Waals surface area contributed by atoms with Crippen LogP contribution in [0.25, 0.3) is 5.69 Å². The third-order valence-corrected chi connectivity index (χ3v) is 6.81. The number of nitrogens with one attached hydrogen (secondary N) is 1. The van der Waals surface area contributed by atoms with E-state index < -0.39 is 0 Å². The Labute approximate surface area is 237 Å². The topological polar surface area (TPSA) is 76.5 Å². The third-order valence-electron chi connectivity index (χ3n) is 6.49. The fourth-order valence-electron chi connectivity index (χ4n) is 4.23. The Hall–Kier alpha value is -3.16. The summed E-state index contributed by atoms with van der Waals surface area (Å²) in [5.41, 5.74) is 3.01. The Balaban J connectivity index is 1.80. The molecule has 0 aliphatic heterocycles. The molecule has 1 N–H and O–H groups in total. The summed E-state index contributed by atoms with van der Waals surface area (Å²) in [5, 5.41) is 8.23. The number of aryl methyl sites for hydroxylation is 1. The molecule has 0 atom stereocenters. The molecule has 0 spiro atoms. The van der Waals surface area contributed by atoms with Gasteiger partial charge >= 0.3 is 0 Å². The van der Waals surface area contributed by atoms with Crippen LogP contribution in [0.4, 0.5) is 5.82 Å². The van der Waals surface area contributed by atoms with Gasteiger partial charge in [0.25, 0.3) is 5.91 Å². The summed E-state index contributed by atoms with van der Waals surface area (Å²) in [6.07, 6.45) is 5.12. The molecule has 210 valence electrons. The molecule has 2 aromatic carbocycles. The van der Waals surface area contributed by atoms with Crippen molar-refractivity contribution in [1.29, 1.82) is 0 Å². The van der Waals surface area contributed by atoms with E-state index in [1.54, 1.807) is 22.8 Å². The Morgan fingerprint density at radius 2 is 1.77 bits per heavy atom. The number of amides is 2. The second kappa shape index (κ2) is 14.3. The number of para-hydroxylation sites is 1. The van der Waals surface area contributed by atoms with Gasteiger partial charge in [0.05, 0.1) is 16.4 Å². The number of rotatable bonds is 13. The number of benzene rings is 2. The molecule has 3 rings (SSSR count). The number of carbonyl (C=O) groups is 2. The first-order valence-corrected chi connectivity index (χ1v) is 14.0. The van der Waals surface area contributed by atoms with E-state index in [0.29, 0.717) is 41.7 Å². The average molecular weight is 553 g/mol. The summed E-state index contributed by atoms with van der Waals surface area (Å²) in [6, 6.07) is 16.9. The van der Waals surface area contributed by atoms with Crippen molar-refractivity contribution in [3.8, 4) is 5.69 Å². The van der Waals surface area contributed by atoms with Crippen molar-refractivity contribution in [2.45, 2.75) is 65.2 Å². The summed E-state index contributed by atoms with van der Waals surface area (Å²) in [7, 11) is 1.62. The van der Waals surface area contributed by atoms with Crippen molar-refractivity contribution in [3.63, 3.8) is 0 Å². The zero-order chi connectivity index (χ0) is 28.4. The standard InChI is InChI=1S/C31H41ClN4O3/c1-6-7-8-12-23-15-17-24(18-16-23)30(38)35(19-11-20-39-5)22-29(37)33-28-21-27(31(2,3)4)34-36(28)26-14-10-9-13-25(26)32/h9-10,13-18,21H,6-8,11-12,19-20,22H2,1-5H3,(H,33,37). The number of anilines is 1. The van der Waals surface area contributed by atoms with E-state index in [1.165, 1.54) is 18.4 Å². The summed E-state index contributed by atoms with van der Waals surface area (Å²) >= 11 is 6.46. The van der Waals surface area contributed by atoms with E-state index in [4.69, 9.17) is 21.4 Å². The minimum Gasteiger partial charge on any atom is -0.385 e. The van der Waals surface area contributed by atoms with Gasteiger partial charge < -0.3 is 15.0 Å². The van der Waals surface area contributed by atoms with Gasteiger partial charge in [0.15, 0.2) is 0 Å². The monoisotopic (exact) mass is 552 g/mol. The van der Waals surface area contributed by atoms with Crippen molar-refractivity contribution in [2.24, 2.45) is 0 Å². The number of hydrogen-bond donors (Lipinski definition) is 1. The molecule has 7 nitrogen and oxygen atoms in total. The Kier molecular flexibility index (Phi) is 11.1. The van der Waals surface area contributed by atoms with Crippen LogP contribution in [0, 0.1) is 0 Å². The number of methoxy groups -OCH3 is 1. The zero-order valence-electron chi connectivity index (χ0n) is 23.8. The van der Waals surface area contributed by atoms with Crippen LogP contribution in [0.15, 0.2) is 54.6 Å². The van der Waals surface area contributed by atoms with E-state index in [2.05, 4.69) is 33.0 Å². The first-order chi connectivity index (χ1) is 18.6. The van der Waals surface area contributed by atoms with Gasteiger partial charge in [0, 0.05) is 37.3 Å². The Bertz CT molecular complexity index is 1230. The fourth-order valence-corrected chi connectivity index (χ4v) is 4.44. The van der Waals surface area contributed by atoms with Gasteiger partial charge in [-0.2, -0.15) is 5.10 Å². The maximum Gasteiger partial charge on any atom is 0.254 e. The smallest absolute Gasteiger partial charge is 0.254 e. The van der Waals surface area contributed by atoms with Crippen LogP contribution in [0.5, 0.6) is 0 Å².